The van der Waals surface area contributed by atoms with Gasteiger partial charge in [-0.1, -0.05) is 19.9 Å². The first-order valence-electron chi connectivity index (χ1n) is 10.0. The molecule has 0 bridgehead atoms. The number of fused-ring (bicyclic) bond motifs is 1. The average Bonchev–Trinajstić information content (AvgIpc) is 2.72. The summed E-state index contributed by atoms with van der Waals surface area (Å²) >= 11 is 0. The van der Waals surface area contributed by atoms with E-state index >= 15 is 0 Å². The van der Waals surface area contributed by atoms with Gasteiger partial charge in [0.25, 0.3) is 5.91 Å². The van der Waals surface area contributed by atoms with Crippen molar-refractivity contribution < 1.29 is 19.1 Å². The number of nitrogens with one attached hydrogen (secondary N) is 1. The van der Waals surface area contributed by atoms with E-state index in [1.807, 2.05) is 56.0 Å². The summed E-state index contributed by atoms with van der Waals surface area (Å²) in [7, 11) is 0. The third kappa shape index (κ3) is 5.50. The maximum absolute atomic E-state index is 12.3. The van der Waals surface area contributed by atoms with E-state index in [1.165, 1.54) is 5.56 Å². The second-order valence-corrected chi connectivity index (χ2v) is 7.39. The number of hydrogen-bond acceptors (Lipinski definition) is 4. The standard InChI is InChI=1S/C23H28N2O4/c1-4-28-20-7-9-21(10-8-20)29-15-22(26)24-19-6-5-17-11-12-25(14-18(17)13-19)23(27)16(2)3/h5-10,13,16H,4,11-12,14-15H2,1-3H3,(H,24,26). The third-order valence-corrected chi connectivity index (χ3v) is 4.81. The van der Waals surface area contributed by atoms with Gasteiger partial charge in [0.15, 0.2) is 6.61 Å². The summed E-state index contributed by atoms with van der Waals surface area (Å²) in [6.45, 7) is 7.60. The van der Waals surface area contributed by atoms with Crippen LogP contribution in [0.25, 0.3) is 0 Å². The molecular weight excluding hydrogens is 368 g/mol. The van der Waals surface area contributed by atoms with Gasteiger partial charge < -0.3 is 19.7 Å². The fourth-order valence-electron chi connectivity index (χ4n) is 3.33. The number of hydrogen-bond donors (Lipinski definition) is 1. The quantitative estimate of drug-likeness (QED) is 0.776. The number of benzene rings is 2. The van der Waals surface area contributed by atoms with E-state index in [0.717, 1.165) is 24.3 Å². The highest BCUT2D eigenvalue weighted by molar-refractivity contribution is 5.92. The molecule has 0 fully saturated rings. The number of carbonyl (C=O) groups is 2. The van der Waals surface area contributed by atoms with Crippen molar-refractivity contribution in [1.82, 2.24) is 4.90 Å². The lowest BCUT2D eigenvalue weighted by molar-refractivity contribution is -0.135. The molecule has 6 heteroatoms. The van der Waals surface area contributed by atoms with Gasteiger partial charge in [0, 0.05) is 24.7 Å². The van der Waals surface area contributed by atoms with Gasteiger partial charge in [-0.05, 0) is 60.9 Å². The van der Waals surface area contributed by atoms with Gasteiger partial charge in [-0.3, -0.25) is 9.59 Å². The van der Waals surface area contributed by atoms with E-state index in [2.05, 4.69) is 5.32 Å². The molecule has 0 spiro atoms. The number of carbonyl (C=O) groups excluding carboxylic acids is 2. The van der Waals surface area contributed by atoms with Crippen molar-refractivity contribution in [3.05, 3.63) is 53.6 Å². The predicted octanol–water partition coefficient (Wildman–Crippen LogP) is 3.64. The van der Waals surface area contributed by atoms with Crippen LogP contribution in [0, 0.1) is 5.92 Å². The Morgan fingerprint density at radius 1 is 1.03 bits per heavy atom. The van der Waals surface area contributed by atoms with E-state index in [4.69, 9.17) is 9.47 Å². The summed E-state index contributed by atoms with van der Waals surface area (Å²) in [6, 6.07) is 13.0. The lowest BCUT2D eigenvalue weighted by Gasteiger charge is -2.30. The Hall–Kier alpha value is -3.02. The molecule has 2 aromatic rings. The average molecular weight is 396 g/mol. The molecule has 1 heterocycles. The Labute approximate surface area is 171 Å². The van der Waals surface area contributed by atoms with E-state index in [9.17, 15) is 9.59 Å². The predicted molar refractivity (Wildman–Crippen MR) is 112 cm³/mol. The van der Waals surface area contributed by atoms with Crippen LogP contribution in [0.1, 0.15) is 31.9 Å². The number of anilines is 1. The number of rotatable bonds is 7. The van der Waals surface area contributed by atoms with Crippen LogP contribution in [0.5, 0.6) is 11.5 Å². The molecule has 29 heavy (non-hydrogen) atoms. The lowest BCUT2D eigenvalue weighted by Crippen LogP contribution is -2.38. The summed E-state index contributed by atoms with van der Waals surface area (Å²) in [4.78, 5) is 26.4. The Morgan fingerprint density at radius 3 is 2.38 bits per heavy atom. The van der Waals surface area contributed by atoms with Crippen LogP contribution >= 0.6 is 0 Å². The fraction of sp³-hybridized carbons (Fsp3) is 0.391. The Bertz CT molecular complexity index is 862. The van der Waals surface area contributed by atoms with Crippen molar-refractivity contribution in [1.29, 1.82) is 0 Å². The topological polar surface area (TPSA) is 67.9 Å². The normalized spacial score (nSPS) is 13.0. The molecule has 1 aliphatic heterocycles. The molecule has 1 aliphatic rings. The van der Waals surface area contributed by atoms with Crippen LogP contribution < -0.4 is 14.8 Å². The molecule has 0 saturated carbocycles. The van der Waals surface area contributed by atoms with Crippen LogP contribution in [0.4, 0.5) is 5.69 Å². The van der Waals surface area contributed by atoms with Crippen LogP contribution in [-0.2, 0) is 22.6 Å². The van der Waals surface area contributed by atoms with Gasteiger partial charge in [-0.2, -0.15) is 0 Å². The van der Waals surface area contributed by atoms with E-state index in [0.29, 0.717) is 24.6 Å². The van der Waals surface area contributed by atoms with Crippen LogP contribution in [0.2, 0.25) is 0 Å². The first-order chi connectivity index (χ1) is 14.0. The molecule has 2 amide bonds. The smallest absolute Gasteiger partial charge is 0.262 e. The lowest BCUT2D eigenvalue weighted by atomic mass is 9.98. The SMILES string of the molecule is CCOc1ccc(OCC(=O)Nc2ccc3c(c2)CN(C(=O)C(C)C)CC3)cc1. The van der Waals surface area contributed by atoms with E-state index < -0.39 is 0 Å². The first-order valence-corrected chi connectivity index (χ1v) is 10.0. The molecule has 6 nitrogen and oxygen atoms in total. The molecule has 0 aromatic heterocycles. The van der Waals surface area contributed by atoms with Crippen LogP contribution in [-0.4, -0.2) is 36.5 Å². The highest BCUT2D eigenvalue weighted by Crippen LogP contribution is 2.24. The summed E-state index contributed by atoms with van der Waals surface area (Å²) in [5.74, 6) is 1.29. The van der Waals surface area contributed by atoms with Crippen molar-refractivity contribution in [3.8, 4) is 11.5 Å². The number of ether oxygens (including phenoxy) is 2. The van der Waals surface area contributed by atoms with Gasteiger partial charge in [-0.15, -0.1) is 0 Å². The van der Waals surface area contributed by atoms with Crippen molar-refractivity contribution in [2.24, 2.45) is 5.92 Å². The zero-order chi connectivity index (χ0) is 20.8. The summed E-state index contributed by atoms with van der Waals surface area (Å²) < 4.78 is 10.9. The number of nitrogens with zero attached hydrogens (tertiary/aromatic N) is 1. The Morgan fingerprint density at radius 2 is 1.72 bits per heavy atom. The second-order valence-electron chi connectivity index (χ2n) is 7.39. The van der Waals surface area contributed by atoms with E-state index in [-0.39, 0.29) is 24.3 Å². The highest BCUT2D eigenvalue weighted by Gasteiger charge is 2.22. The van der Waals surface area contributed by atoms with Gasteiger partial charge >= 0.3 is 0 Å². The van der Waals surface area contributed by atoms with E-state index in [1.54, 1.807) is 12.1 Å². The maximum Gasteiger partial charge on any atom is 0.262 e. The summed E-state index contributed by atoms with van der Waals surface area (Å²) in [5.41, 5.74) is 3.01. The Kier molecular flexibility index (Phi) is 6.75. The van der Waals surface area contributed by atoms with Crippen molar-refractivity contribution in [2.45, 2.75) is 33.7 Å². The minimum absolute atomic E-state index is 0.0146. The van der Waals surface area contributed by atoms with Crippen molar-refractivity contribution in [3.63, 3.8) is 0 Å². The molecule has 3 rings (SSSR count). The van der Waals surface area contributed by atoms with Gasteiger partial charge in [-0.25, -0.2) is 0 Å². The van der Waals surface area contributed by atoms with Crippen LogP contribution in [0.15, 0.2) is 42.5 Å². The number of amides is 2. The molecule has 2 aromatic carbocycles. The van der Waals surface area contributed by atoms with Gasteiger partial charge in [0.2, 0.25) is 5.91 Å². The molecule has 154 valence electrons. The minimum Gasteiger partial charge on any atom is -0.494 e. The second kappa shape index (κ2) is 9.45. The molecule has 0 unspecified atom stereocenters. The van der Waals surface area contributed by atoms with Crippen molar-refractivity contribution in [2.75, 3.05) is 25.1 Å². The fourth-order valence-corrected chi connectivity index (χ4v) is 3.33. The third-order valence-electron chi connectivity index (χ3n) is 4.81. The zero-order valence-electron chi connectivity index (χ0n) is 17.2. The monoisotopic (exact) mass is 396 g/mol. The van der Waals surface area contributed by atoms with Crippen molar-refractivity contribution >= 4 is 17.5 Å². The minimum atomic E-state index is -0.232. The van der Waals surface area contributed by atoms with Gasteiger partial charge in [0.1, 0.15) is 11.5 Å². The molecular formula is C23H28N2O4. The molecule has 0 atom stereocenters. The first kappa shape index (κ1) is 20.7. The summed E-state index contributed by atoms with van der Waals surface area (Å²) in [5, 5.41) is 2.87. The van der Waals surface area contributed by atoms with Crippen LogP contribution in [0.3, 0.4) is 0 Å². The Balaban J connectivity index is 1.56. The summed E-state index contributed by atoms with van der Waals surface area (Å²) in [6.07, 6.45) is 0.836. The van der Waals surface area contributed by atoms with Gasteiger partial charge in [0.05, 0.1) is 6.61 Å². The highest BCUT2D eigenvalue weighted by atomic mass is 16.5. The molecule has 0 aliphatic carbocycles. The molecule has 1 N–H and O–H groups in total. The molecule has 0 saturated heterocycles. The maximum atomic E-state index is 12.3. The zero-order valence-corrected chi connectivity index (χ0v) is 17.2. The largest absolute Gasteiger partial charge is 0.494 e. The molecule has 0 radical (unpaired) electrons.